The lowest BCUT2D eigenvalue weighted by Crippen LogP contribution is -2.68. The second-order valence-electron chi connectivity index (χ2n) is 5.72. The van der Waals surface area contributed by atoms with Crippen LogP contribution in [-0.4, -0.2) is 28.9 Å². The molecule has 2 aliphatic rings. The quantitative estimate of drug-likeness (QED) is 0.868. The zero-order chi connectivity index (χ0) is 15.2. The van der Waals surface area contributed by atoms with E-state index in [9.17, 15) is 0 Å². The van der Waals surface area contributed by atoms with E-state index in [1.54, 1.807) is 0 Å². The van der Waals surface area contributed by atoms with Crippen LogP contribution in [0.2, 0.25) is 0 Å². The molecule has 1 aromatic carbocycles. The molecule has 2 heterocycles. The van der Waals surface area contributed by atoms with Crippen LogP contribution in [0, 0.1) is 5.92 Å². The van der Waals surface area contributed by atoms with E-state index < -0.39 is 5.72 Å². The van der Waals surface area contributed by atoms with Gasteiger partial charge in [0.05, 0.1) is 12.6 Å². The fourth-order valence-corrected chi connectivity index (χ4v) is 3.85. The lowest BCUT2D eigenvalue weighted by molar-refractivity contribution is -0.109. The monoisotopic (exact) mass is 306 g/mol. The van der Waals surface area contributed by atoms with E-state index in [1.165, 1.54) is 0 Å². The van der Waals surface area contributed by atoms with Crippen molar-refractivity contribution in [2.24, 2.45) is 5.92 Å². The summed E-state index contributed by atoms with van der Waals surface area (Å²) in [4.78, 5) is 2.12. The lowest BCUT2D eigenvalue weighted by atomic mass is 9.81. The van der Waals surface area contributed by atoms with Gasteiger partial charge in [0, 0.05) is 18.0 Å². The minimum absolute atomic E-state index is 0.162. The summed E-state index contributed by atoms with van der Waals surface area (Å²) in [7, 11) is 0. The van der Waals surface area contributed by atoms with Crippen LogP contribution >= 0.6 is 12.2 Å². The highest BCUT2D eigenvalue weighted by molar-refractivity contribution is 7.80. The molecule has 0 amide bonds. The first-order valence-electron chi connectivity index (χ1n) is 7.55. The maximum Gasteiger partial charge on any atom is 0.186 e. The Morgan fingerprint density at radius 1 is 1.43 bits per heavy atom. The van der Waals surface area contributed by atoms with Crippen molar-refractivity contribution >= 4 is 17.3 Å². The molecule has 0 aliphatic carbocycles. The summed E-state index contributed by atoms with van der Waals surface area (Å²) < 4.78 is 12.2. The van der Waals surface area contributed by atoms with Crippen molar-refractivity contribution in [3.05, 3.63) is 23.8 Å². The fraction of sp³-hybridized carbons (Fsp3) is 0.562. The first-order chi connectivity index (χ1) is 10.0. The summed E-state index contributed by atoms with van der Waals surface area (Å²) in [6.45, 7) is 9.84. The highest BCUT2D eigenvalue weighted by atomic mass is 32.1. The maximum atomic E-state index is 6.43. The normalized spacial score (nSPS) is 30.3. The molecule has 1 saturated heterocycles. The van der Waals surface area contributed by atoms with Gasteiger partial charge >= 0.3 is 0 Å². The SMILES string of the molecule is CCOc1cccc2c1OC1(C)C(C)C2NC(=S)N1CC. The minimum Gasteiger partial charge on any atom is -0.490 e. The smallest absolute Gasteiger partial charge is 0.186 e. The van der Waals surface area contributed by atoms with Crippen LogP contribution in [0.25, 0.3) is 0 Å². The van der Waals surface area contributed by atoms with Crippen molar-refractivity contribution in [3.63, 3.8) is 0 Å². The Labute approximate surface area is 131 Å². The Morgan fingerprint density at radius 3 is 2.86 bits per heavy atom. The number of ether oxygens (including phenoxy) is 2. The van der Waals surface area contributed by atoms with Crippen molar-refractivity contribution in [3.8, 4) is 11.5 Å². The van der Waals surface area contributed by atoms with Crippen LogP contribution in [0.4, 0.5) is 0 Å². The van der Waals surface area contributed by atoms with Gasteiger partial charge in [0.25, 0.3) is 0 Å². The van der Waals surface area contributed by atoms with E-state index >= 15 is 0 Å². The number of hydrogen-bond donors (Lipinski definition) is 1. The van der Waals surface area contributed by atoms with Gasteiger partial charge in [-0.25, -0.2) is 0 Å². The maximum absolute atomic E-state index is 6.43. The Hall–Kier alpha value is -1.49. The summed E-state index contributed by atoms with van der Waals surface area (Å²) in [5.41, 5.74) is 0.686. The van der Waals surface area contributed by atoms with Crippen LogP contribution in [0.1, 0.15) is 39.3 Å². The van der Waals surface area contributed by atoms with Gasteiger partial charge in [-0.15, -0.1) is 0 Å². The van der Waals surface area contributed by atoms with Gasteiger partial charge in [0.15, 0.2) is 22.3 Å². The number of para-hydroxylation sites is 1. The molecular formula is C16H22N2O2S. The van der Waals surface area contributed by atoms with Crippen molar-refractivity contribution in [2.45, 2.75) is 39.5 Å². The number of rotatable bonds is 3. The third kappa shape index (κ3) is 1.98. The second-order valence-corrected chi connectivity index (χ2v) is 6.11. The van der Waals surface area contributed by atoms with Crippen molar-refractivity contribution in [1.29, 1.82) is 0 Å². The zero-order valence-electron chi connectivity index (χ0n) is 13.0. The number of nitrogens with zero attached hydrogens (tertiary/aromatic N) is 1. The van der Waals surface area contributed by atoms with Crippen molar-refractivity contribution < 1.29 is 9.47 Å². The standard InChI is InChI=1S/C16H22N2O2S/c1-5-18-15(21)17-13-10(3)16(18,4)20-14-11(13)8-7-9-12(14)19-6-2/h7-10,13H,5-6H2,1-4H3,(H,17,21). The Morgan fingerprint density at radius 2 is 2.19 bits per heavy atom. The Balaban J connectivity index is 2.13. The fourth-order valence-electron chi connectivity index (χ4n) is 3.41. The van der Waals surface area contributed by atoms with Crippen LogP contribution in [0.15, 0.2) is 18.2 Å². The van der Waals surface area contributed by atoms with Gasteiger partial charge in [-0.3, -0.25) is 0 Å². The average Bonchev–Trinajstić information content (AvgIpc) is 2.44. The summed E-state index contributed by atoms with van der Waals surface area (Å²) >= 11 is 5.52. The molecule has 0 aromatic heterocycles. The van der Waals surface area contributed by atoms with E-state index in [0.717, 1.165) is 28.7 Å². The Bertz CT molecular complexity index is 577. The molecule has 1 N–H and O–H groups in total. The molecule has 3 rings (SSSR count). The van der Waals surface area contributed by atoms with E-state index in [1.807, 2.05) is 19.1 Å². The van der Waals surface area contributed by atoms with Crippen LogP contribution in [0.3, 0.4) is 0 Å². The summed E-state index contributed by atoms with van der Waals surface area (Å²) in [5, 5.41) is 4.23. The van der Waals surface area contributed by atoms with Gasteiger partial charge in [0.1, 0.15) is 0 Å². The molecule has 1 fully saturated rings. The van der Waals surface area contributed by atoms with Crippen molar-refractivity contribution in [1.82, 2.24) is 10.2 Å². The van der Waals surface area contributed by atoms with E-state index in [0.29, 0.717) is 6.61 Å². The highest BCUT2D eigenvalue weighted by Gasteiger charge is 2.53. The summed E-state index contributed by atoms with van der Waals surface area (Å²) in [6, 6.07) is 6.23. The lowest BCUT2D eigenvalue weighted by Gasteiger charge is -2.56. The van der Waals surface area contributed by atoms with E-state index in [2.05, 4.69) is 37.1 Å². The molecule has 1 aromatic rings. The number of thiocarbonyl (C=S) groups is 1. The summed E-state index contributed by atoms with van der Waals surface area (Å²) in [5.74, 6) is 1.94. The van der Waals surface area contributed by atoms with E-state index in [4.69, 9.17) is 21.7 Å². The van der Waals surface area contributed by atoms with Crippen LogP contribution < -0.4 is 14.8 Å². The number of hydrogen-bond acceptors (Lipinski definition) is 3. The van der Waals surface area contributed by atoms with Gasteiger partial charge in [-0.05, 0) is 39.1 Å². The molecule has 0 radical (unpaired) electrons. The van der Waals surface area contributed by atoms with Gasteiger partial charge in [-0.2, -0.15) is 0 Å². The van der Waals surface area contributed by atoms with E-state index in [-0.39, 0.29) is 12.0 Å². The van der Waals surface area contributed by atoms with Crippen LogP contribution in [-0.2, 0) is 0 Å². The molecule has 0 spiro atoms. The van der Waals surface area contributed by atoms with Crippen molar-refractivity contribution in [2.75, 3.05) is 13.2 Å². The first-order valence-corrected chi connectivity index (χ1v) is 7.96. The topological polar surface area (TPSA) is 33.7 Å². The molecule has 2 bridgehead atoms. The predicted molar refractivity (Wildman–Crippen MR) is 86.7 cm³/mol. The van der Waals surface area contributed by atoms with Crippen LogP contribution in [0.5, 0.6) is 11.5 Å². The molecule has 4 nitrogen and oxygen atoms in total. The average molecular weight is 306 g/mol. The number of fused-ring (bicyclic) bond motifs is 4. The van der Waals surface area contributed by atoms with Gasteiger partial charge in [-0.1, -0.05) is 19.1 Å². The molecule has 5 heteroatoms. The molecule has 3 unspecified atom stereocenters. The molecule has 114 valence electrons. The molecule has 21 heavy (non-hydrogen) atoms. The predicted octanol–water partition coefficient (Wildman–Crippen LogP) is 3.08. The third-order valence-corrected chi connectivity index (χ3v) is 5.01. The number of nitrogens with one attached hydrogen (secondary N) is 1. The zero-order valence-corrected chi connectivity index (χ0v) is 13.8. The van der Waals surface area contributed by atoms with Gasteiger partial charge in [0.2, 0.25) is 0 Å². The first kappa shape index (κ1) is 14.4. The second kappa shape index (κ2) is 5.05. The molecule has 2 aliphatic heterocycles. The highest BCUT2D eigenvalue weighted by Crippen LogP contribution is 2.50. The largest absolute Gasteiger partial charge is 0.490 e. The third-order valence-electron chi connectivity index (χ3n) is 4.67. The summed E-state index contributed by atoms with van der Waals surface area (Å²) in [6.07, 6.45) is 0. The molecule has 0 saturated carbocycles. The molecular weight excluding hydrogens is 284 g/mol. The Kier molecular flexibility index (Phi) is 3.48. The minimum atomic E-state index is -0.443. The van der Waals surface area contributed by atoms with Gasteiger partial charge < -0.3 is 19.7 Å². The number of benzene rings is 1. The molecule has 3 atom stereocenters.